The fraction of sp³-hybridized carbons (Fsp3) is 0.250. The van der Waals surface area contributed by atoms with Crippen molar-refractivity contribution in [3.8, 4) is 0 Å². The number of hydrogen-bond donors (Lipinski definition) is 0. The van der Waals surface area contributed by atoms with Gasteiger partial charge in [0.15, 0.2) is 11.2 Å². The van der Waals surface area contributed by atoms with Crippen molar-refractivity contribution in [3.63, 3.8) is 0 Å². The normalized spacial score (nSPS) is 10.8. The SMILES string of the molecule is O=c1oc2cccnc2n1CCCl. The second-order valence-electron chi connectivity index (χ2n) is 2.53. The molecule has 0 saturated carbocycles. The highest BCUT2D eigenvalue weighted by Gasteiger charge is 2.07. The summed E-state index contributed by atoms with van der Waals surface area (Å²) < 4.78 is 6.36. The molecule has 2 heterocycles. The summed E-state index contributed by atoms with van der Waals surface area (Å²) in [6.07, 6.45) is 1.61. The summed E-state index contributed by atoms with van der Waals surface area (Å²) in [5.41, 5.74) is 1.05. The molecule has 0 bridgehead atoms. The molecule has 0 aliphatic heterocycles. The highest BCUT2D eigenvalue weighted by Crippen LogP contribution is 2.07. The Labute approximate surface area is 78.8 Å². The summed E-state index contributed by atoms with van der Waals surface area (Å²) in [5, 5.41) is 0. The molecular weight excluding hydrogens is 192 g/mol. The fourth-order valence-electron chi connectivity index (χ4n) is 1.18. The largest absolute Gasteiger partial charge is 0.421 e. The van der Waals surface area contributed by atoms with Crippen LogP contribution in [0.2, 0.25) is 0 Å². The number of pyridine rings is 1. The van der Waals surface area contributed by atoms with Gasteiger partial charge in [-0.1, -0.05) is 0 Å². The van der Waals surface area contributed by atoms with Crippen LogP contribution in [0, 0.1) is 0 Å². The molecule has 0 unspecified atom stereocenters. The molecule has 0 amide bonds. The van der Waals surface area contributed by atoms with Gasteiger partial charge in [-0.2, -0.15) is 0 Å². The summed E-state index contributed by atoms with van der Waals surface area (Å²) >= 11 is 5.54. The lowest BCUT2D eigenvalue weighted by atomic mass is 10.4. The van der Waals surface area contributed by atoms with E-state index in [1.54, 1.807) is 18.3 Å². The molecular formula is C8H7ClN2O2. The molecule has 0 radical (unpaired) electrons. The quantitative estimate of drug-likeness (QED) is 0.682. The van der Waals surface area contributed by atoms with Gasteiger partial charge in [-0.05, 0) is 12.1 Å². The monoisotopic (exact) mass is 198 g/mol. The molecule has 13 heavy (non-hydrogen) atoms. The molecule has 0 spiro atoms. The molecule has 0 aliphatic rings. The molecule has 2 aromatic rings. The number of rotatable bonds is 2. The van der Waals surface area contributed by atoms with Crippen LogP contribution < -0.4 is 5.76 Å². The van der Waals surface area contributed by atoms with Crippen LogP contribution >= 0.6 is 11.6 Å². The van der Waals surface area contributed by atoms with E-state index in [1.807, 2.05) is 0 Å². The van der Waals surface area contributed by atoms with Gasteiger partial charge in [-0.25, -0.2) is 9.78 Å². The number of alkyl halides is 1. The molecule has 5 heteroatoms. The zero-order valence-corrected chi connectivity index (χ0v) is 7.49. The van der Waals surface area contributed by atoms with Crippen molar-refractivity contribution in [2.45, 2.75) is 6.54 Å². The van der Waals surface area contributed by atoms with E-state index in [9.17, 15) is 4.79 Å². The van der Waals surface area contributed by atoms with Crippen molar-refractivity contribution < 1.29 is 4.42 Å². The Morgan fingerprint density at radius 3 is 3.23 bits per heavy atom. The van der Waals surface area contributed by atoms with E-state index < -0.39 is 5.76 Å². The van der Waals surface area contributed by atoms with Crippen LogP contribution in [0.5, 0.6) is 0 Å². The third-order valence-electron chi connectivity index (χ3n) is 1.73. The topological polar surface area (TPSA) is 48.0 Å². The first-order valence-electron chi connectivity index (χ1n) is 3.83. The number of fused-ring (bicyclic) bond motifs is 1. The summed E-state index contributed by atoms with van der Waals surface area (Å²) in [6, 6.07) is 3.42. The van der Waals surface area contributed by atoms with Gasteiger partial charge in [-0.15, -0.1) is 11.6 Å². The zero-order chi connectivity index (χ0) is 9.26. The maximum absolute atomic E-state index is 11.2. The number of halogens is 1. The highest BCUT2D eigenvalue weighted by atomic mass is 35.5. The Hall–Kier alpha value is -1.29. The maximum Gasteiger partial charge on any atom is 0.421 e. The molecule has 2 rings (SSSR count). The molecule has 0 atom stereocenters. The average molecular weight is 199 g/mol. The van der Waals surface area contributed by atoms with Crippen molar-refractivity contribution >= 4 is 22.8 Å². The number of aromatic nitrogens is 2. The molecule has 0 aromatic carbocycles. The first-order valence-corrected chi connectivity index (χ1v) is 4.36. The van der Waals surface area contributed by atoms with Gasteiger partial charge in [0.1, 0.15) is 0 Å². The van der Waals surface area contributed by atoms with Crippen molar-refractivity contribution in [2.75, 3.05) is 5.88 Å². The van der Waals surface area contributed by atoms with Gasteiger partial charge in [0.2, 0.25) is 0 Å². The van der Waals surface area contributed by atoms with Crippen LogP contribution in [0.15, 0.2) is 27.5 Å². The highest BCUT2D eigenvalue weighted by molar-refractivity contribution is 6.17. The van der Waals surface area contributed by atoms with Gasteiger partial charge >= 0.3 is 5.76 Å². The molecule has 4 nitrogen and oxygen atoms in total. The summed E-state index contributed by atoms with van der Waals surface area (Å²) in [4.78, 5) is 15.3. The molecule has 2 aromatic heterocycles. The standard InChI is InChI=1S/C8H7ClN2O2/c9-3-5-11-7-6(13-8(11)12)2-1-4-10-7/h1-2,4H,3,5H2. The Kier molecular flexibility index (Phi) is 2.06. The van der Waals surface area contributed by atoms with Crippen LogP contribution in [-0.4, -0.2) is 15.4 Å². The number of hydrogen-bond acceptors (Lipinski definition) is 3. The van der Waals surface area contributed by atoms with Gasteiger partial charge in [-0.3, -0.25) is 4.57 Å². The van der Waals surface area contributed by atoms with Gasteiger partial charge in [0.25, 0.3) is 0 Å². The van der Waals surface area contributed by atoms with E-state index >= 15 is 0 Å². The van der Waals surface area contributed by atoms with Gasteiger partial charge in [0.05, 0.1) is 0 Å². The molecule has 0 saturated heterocycles. The minimum absolute atomic E-state index is 0.366. The fourth-order valence-corrected chi connectivity index (χ4v) is 1.35. The third-order valence-corrected chi connectivity index (χ3v) is 1.90. The van der Waals surface area contributed by atoms with Crippen LogP contribution in [-0.2, 0) is 6.54 Å². The van der Waals surface area contributed by atoms with Crippen LogP contribution in [0.4, 0.5) is 0 Å². The van der Waals surface area contributed by atoms with Crippen molar-refractivity contribution in [3.05, 3.63) is 28.9 Å². The van der Waals surface area contributed by atoms with E-state index in [0.29, 0.717) is 23.7 Å². The van der Waals surface area contributed by atoms with Crippen LogP contribution in [0.1, 0.15) is 0 Å². The number of oxazole rings is 1. The lowest BCUT2D eigenvalue weighted by Crippen LogP contribution is -2.15. The summed E-state index contributed by atoms with van der Waals surface area (Å²) in [7, 11) is 0. The van der Waals surface area contributed by atoms with E-state index in [4.69, 9.17) is 16.0 Å². The Bertz CT molecular complexity index is 474. The Balaban J connectivity index is 2.71. The van der Waals surface area contributed by atoms with E-state index in [-0.39, 0.29) is 0 Å². The Morgan fingerprint density at radius 1 is 1.62 bits per heavy atom. The van der Waals surface area contributed by atoms with Gasteiger partial charge < -0.3 is 4.42 Å². The molecule has 0 aliphatic carbocycles. The molecule has 0 fully saturated rings. The minimum Gasteiger partial charge on any atom is -0.406 e. The van der Waals surface area contributed by atoms with Gasteiger partial charge in [0, 0.05) is 18.6 Å². The lowest BCUT2D eigenvalue weighted by molar-refractivity contribution is 0.513. The van der Waals surface area contributed by atoms with E-state index in [0.717, 1.165) is 0 Å². The first kappa shape index (κ1) is 8.31. The van der Waals surface area contributed by atoms with Crippen molar-refractivity contribution in [2.24, 2.45) is 0 Å². The second-order valence-corrected chi connectivity index (χ2v) is 2.91. The number of nitrogens with zero attached hydrogens (tertiary/aromatic N) is 2. The van der Waals surface area contributed by atoms with Crippen LogP contribution in [0.3, 0.4) is 0 Å². The summed E-state index contributed by atoms with van der Waals surface area (Å²) in [5.74, 6) is -0.0418. The predicted molar refractivity (Wildman–Crippen MR) is 49.0 cm³/mol. The maximum atomic E-state index is 11.2. The minimum atomic E-state index is -0.408. The molecule has 0 N–H and O–H groups in total. The molecule has 68 valence electrons. The lowest BCUT2D eigenvalue weighted by Gasteiger charge is -1.94. The van der Waals surface area contributed by atoms with E-state index in [1.165, 1.54) is 4.57 Å². The summed E-state index contributed by atoms with van der Waals surface area (Å²) in [6.45, 7) is 0.421. The second kappa shape index (κ2) is 3.22. The average Bonchev–Trinajstić information content (AvgIpc) is 2.44. The zero-order valence-electron chi connectivity index (χ0n) is 6.74. The first-order chi connectivity index (χ1) is 6.33. The van der Waals surface area contributed by atoms with E-state index in [2.05, 4.69) is 4.98 Å². The predicted octanol–water partition coefficient (Wildman–Crippen LogP) is 1.23. The Morgan fingerprint density at radius 2 is 2.46 bits per heavy atom. The van der Waals surface area contributed by atoms with Crippen LogP contribution in [0.25, 0.3) is 11.2 Å². The van der Waals surface area contributed by atoms with Crippen molar-refractivity contribution in [1.29, 1.82) is 0 Å². The smallest absolute Gasteiger partial charge is 0.406 e. The number of aryl methyl sites for hydroxylation is 1. The third kappa shape index (κ3) is 1.33. The van der Waals surface area contributed by atoms with Crippen molar-refractivity contribution in [1.82, 2.24) is 9.55 Å².